The van der Waals surface area contributed by atoms with Gasteiger partial charge in [-0.1, -0.05) is 34.1 Å². The summed E-state index contributed by atoms with van der Waals surface area (Å²) in [6.07, 6.45) is 11.9. The highest BCUT2D eigenvalue weighted by Crippen LogP contribution is 2.69. The van der Waals surface area contributed by atoms with Crippen molar-refractivity contribution in [2.24, 2.45) is 46.3 Å². The zero-order chi connectivity index (χ0) is 20.4. The second kappa shape index (κ2) is 7.20. The van der Waals surface area contributed by atoms with Gasteiger partial charge in [-0.25, -0.2) is 0 Å². The molecule has 3 nitrogen and oxygen atoms in total. The van der Waals surface area contributed by atoms with E-state index < -0.39 is 0 Å². The summed E-state index contributed by atoms with van der Waals surface area (Å²) in [5.74, 6) is 4.08. The number of aliphatic hydroxyl groups excluding tert-OH is 1. The Bertz CT molecular complexity index is 613. The molecule has 5 rings (SSSR count). The second-order valence-corrected chi connectivity index (χ2v) is 12.0. The van der Waals surface area contributed by atoms with Crippen LogP contribution >= 0.6 is 0 Å². The fourth-order valence-corrected chi connectivity index (χ4v) is 9.29. The van der Waals surface area contributed by atoms with Gasteiger partial charge >= 0.3 is 0 Å². The summed E-state index contributed by atoms with van der Waals surface area (Å²) in [5, 5.41) is 11.6. The van der Waals surface area contributed by atoms with E-state index in [0.29, 0.717) is 23.2 Å². The molecule has 0 unspecified atom stereocenters. The van der Waals surface area contributed by atoms with Gasteiger partial charge in [-0.3, -0.25) is 0 Å². The summed E-state index contributed by atoms with van der Waals surface area (Å²) in [6.45, 7) is 11.5. The molecule has 0 aromatic rings. The first kappa shape index (κ1) is 20.8. The van der Waals surface area contributed by atoms with Crippen LogP contribution in [0, 0.1) is 46.3 Å². The van der Waals surface area contributed by atoms with E-state index in [0.717, 1.165) is 56.7 Å². The third kappa shape index (κ3) is 2.93. The Hall–Kier alpha value is -0.120. The van der Waals surface area contributed by atoms with Gasteiger partial charge in [-0.2, -0.15) is 0 Å². The molecule has 0 aromatic heterocycles. The molecule has 0 radical (unpaired) electrons. The van der Waals surface area contributed by atoms with Gasteiger partial charge in [0.05, 0.1) is 19.3 Å². The largest absolute Gasteiger partial charge is 0.393 e. The number of rotatable bonds is 2. The zero-order valence-electron chi connectivity index (χ0n) is 19.3. The molecule has 1 heterocycles. The Morgan fingerprint density at radius 3 is 2.48 bits per heavy atom. The van der Waals surface area contributed by atoms with Crippen molar-refractivity contribution in [2.45, 2.75) is 104 Å². The average Bonchev–Trinajstić information content (AvgIpc) is 3.08. The third-order valence-corrected chi connectivity index (χ3v) is 11.2. The Labute approximate surface area is 178 Å². The van der Waals surface area contributed by atoms with Gasteiger partial charge in [-0.05, 0) is 91.3 Å². The first-order chi connectivity index (χ1) is 13.8. The lowest BCUT2D eigenvalue weighted by molar-refractivity contribution is -0.307. The molecular formula is C26H44O3. The molecule has 0 amide bonds. The monoisotopic (exact) mass is 404 g/mol. The fourth-order valence-electron chi connectivity index (χ4n) is 9.29. The molecule has 1 N–H and O–H groups in total. The van der Waals surface area contributed by atoms with Crippen LogP contribution in [0.5, 0.6) is 0 Å². The van der Waals surface area contributed by atoms with E-state index in [1.165, 1.54) is 38.5 Å². The van der Waals surface area contributed by atoms with Crippen LogP contribution in [0.1, 0.15) is 91.9 Å². The number of fused-ring (bicyclic) bond motifs is 5. The Morgan fingerprint density at radius 1 is 1.00 bits per heavy atom. The van der Waals surface area contributed by atoms with Gasteiger partial charge in [0.25, 0.3) is 0 Å². The van der Waals surface area contributed by atoms with Gasteiger partial charge in [0.1, 0.15) is 0 Å². The first-order valence-corrected chi connectivity index (χ1v) is 12.8. The van der Waals surface area contributed by atoms with Gasteiger partial charge in [0.15, 0.2) is 5.79 Å². The number of ether oxygens (including phenoxy) is 2. The van der Waals surface area contributed by atoms with Gasteiger partial charge < -0.3 is 14.6 Å². The lowest BCUT2D eigenvalue weighted by Gasteiger charge is -2.63. The predicted octanol–water partition coefficient (Wildman–Crippen LogP) is 5.80. The minimum Gasteiger partial charge on any atom is -0.393 e. The van der Waals surface area contributed by atoms with Crippen LogP contribution in [-0.4, -0.2) is 30.2 Å². The standard InChI is InChI=1S/C26H44O3/c1-5-17(2)20-9-10-21-19-8-7-18-16-26(28-13-6-14-29-26)12-11-24(18,3)22(19)15-23(27)25(20,21)4/h17-23,27H,5-16H2,1-4H3/t17-,18-,19+,20-,21+,22+,23+,24+,25-/m1/s1. The van der Waals surface area contributed by atoms with Crippen LogP contribution in [0.4, 0.5) is 0 Å². The van der Waals surface area contributed by atoms with Gasteiger partial charge in [0.2, 0.25) is 0 Å². The van der Waals surface area contributed by atoms with E-state index >= 15 is 0 Å². The van der Waals surface area contributed by atoms with Crippen molar-refractivity contribution in [2.75, 3.05) is 13.2 Å². The number of aliphatic hydroxyl groups is 1. The molecule has 5 fully saturated rings. The van der Waals surface area contributed by atoms with Crippen molar-refractivity contribution in [1.82, 2.24) is 0 Å². The minimum absolute atomic E-state index is 0.121. The van der Waals surface area contributed by atoms with Crippen LogP contribution < -0.4 is 0 Å². The molecule has 3 heteroatoms. The van der Waals surface area contributed by atoms with Crippen molar-refractivity contribution >= 4 is 0 Å². The van der Waals surface area contributed by atoms with Gasteiger partial charge in [0, 0.05) is 12.8 Å². The van der Waals surface area contributed by atoms with Crippen molar-refractivity contribution in [3.63, 3.8) is 0 Å². The Kier molecular flexibility index (Phi) is 5.16. The van der Waals surface area contributed by atoms with Crippen LogP contribution in [0.2, 0.25) is 0 Å². The molecule has 1 spiro atoms. The van der Waals surface area contributed by atoms with Crippen LogP contribution in [0.25, 0.3) is 0 Å². The molecule has 1 saturated heterocycles. The van der Waals surface area contributed by atoms with E-state index in [9.17, 15) is 5.11 Å². The molecule has 29 heavy (non-hydrogen) atoms. The van der Waals surface area contributed by atoms with Crippen LogP contribution in [0.15, 0.2) is 0 Å². The molecule has 0 aromatic carbocycles. The molecule has 9 atom stereocenters. The Balaban J connectivity index is 1.40. The fraction of sp³-hybridized carbons (Fsp3) is 1.00. The topological polar surface area (TPSA) is 38.7 Å². The van der Waals surface area contributed by atoms with E-state index in [4.69, 9.17) is 9.47 Å². The van der Waals surface area contributed by atoms with Crippen molar-refractivity contribution in [3.05, 3.63) is 0 Å². The maximum Gasteiger partial charge on any atom is 0.168 e. The highest BCUT2D eigenvalue weighted by atomic mass is 16.7. The summed E-state index contributed by atoms with van der Waals surface area (Å²) < 4.78 is 12.4. The van der Waals surface area contributed by atoms with Crippen LogP contribution in [-0.2, 0) is 9.47 Å². The SMILES string of the molecule is CC[C@@H](C)[C@H]1CC[C@H]2[C@@H]3CC[C@@H]4CC5(CC[C@]4(C)[C@H]3C[C@H](O)[C@]12C)OCCCO5. The van der Waals surface area contributed by atoms with E-state index in [1.54, 1.807) is 0 Å². The zero-order valence-corrected chi connectivity index (χ0v) is 19.3. The summed E-state index contributed by atoms with van der Waals surface area (Å²) in [7, 11) is 0. The maximum atomic E-state index is 11.6. The smallest absolute Gasteiger partial charge is 0.168 e. The molecular weight excluding hydrogens is 360 g/mol. The van der Waals surface area contributed by atoms with Crippen LogP contribution in [0.3, 0.4) is 0 Å². The quantitative estimate of drug-likeness (QED) is 0.632. The summed E-state index contributed by atoms with van der Waals surface area (Å²) in [5.41, 5.74) is 0.500. The molecule has 0 bridgehead atoms. The first-order valence-electron chi connectivity index (χ1n) is 12.8. The number of hydrogen-bond donors (Lipinski definition) is 1. The number of hydrogen-bond acceptors (Lipinski definition) is 3. The normalized spacial score (nSPS) is 52.4. The third-order valence-electron chi connectivity index (χ3n) is 11.2. The highest BCUT2D eigenvalue weighted by Gasteiger charge is 2.64. The predicted molar refractivity (Wildman–Crippen MR) is 115 cm³/mol. The lowest BCUT2D eigenvalue weighted by Crippen LogP contribution is -2.60. The molecule has 166 valence electrons. The molecule has 5 aliphatic rings. The van der Waals surface area contributed by atoms with Crippen molar-refractivity contribution in [3.8, 4) is 0 Å². The van der Waals surface area contributed by atoms with Gasteiger partial charge in [-0.15, -0.1) is 0 Å². The van der Waals surface area contributed by atoms with E-state index in [1.807, 2.05) is 0 Å². The summed E-state index contributed by atoms with van der Waals surface area (Å²) in [4.78, 5) is 0. The average molecular weight is 405 g/mol. The summed E-state index contributed by atoms with van der Waals surface area (Å²) >= 11 is 0. The van der Waals surface area contributed by atoms with Crippen molar-refractivity contribution in [1.29, 1.82) is 0 Å². The Morgan fingerprint density at radius 2 is 1.76 bits per heavy atom. The summed E-state index contributed by atoms with van der Waals surface area (Å²) in [6, 6.07) is 0. The molecule has 1 aliphatic heterocycles. The van der Waals surface area contributed by atoms with E-state index in [2.05, 4.69) is 27.7 Å². The van der Waals surface area contributed by atoms with E-state index in [-0.39, 0.29) is 17.3 Å². The second-order valence-electron chi connectivity index (χ2n) is 12.0. The maximum absolute atomic E-state index is 11.6. The molecule has 4 saturated carbocycles. The minimum atomic E-state index is -0.286. The highest BCUT2D eigenvalue weighted by molar-refractivity contribution is 5.13. The molecule has 4 aliphatic carbocycles. The van der Waals surface area contributed by atoms with Crippen molar-refractivity contribution < 1.29 is 14.6 Å². The lowest BCUT2D eigenvalue weighted by atomic mass is 9.43.